The van der Waals surface area contributed by atoms with Gasteiger partial charge >= 0.3 is 0 Å². The van der Waals surface area contributed by atoms with Crippen LogP contribution in [0.15, 0.2) is 24.3 Å². The van der Waals surface area contributed by atoms with Gasteiger partial charge in [-0.2, -0.15) is 0 Å². The van der Waals surface area contributed by atoms with Crippen LogP contribution in [0.5, 0.6) is 5.75 Å². The molecule has 1 aromatic carbocycles. The summed E-state index contributed by atoms with van der Waals surface area (Å²) in [6.07, 6.45) is 5.04. The highest BCUT2D eigenvalue weighted by atomic mass is 16.5. The van der Waals surface area contributed by atoms with E-state index < -0.39 is 0 Å². The van der Waals surface area contributed by atoms with Gasteiger partial charge < -0.3 is 10.5 Å². The molecule has 3 nitrogen and oxygen atoms in total. The number of likely N-dealkylation sites (tertiary alicyclic amines) is 1. The van der Waals surface area contributed by atoms with E-state index in [2.05, 4.69) is 36.1 Å². The molecule has 2 N–H and O–H groups in total. The monoisotopic (exact) mass is 288 g/mol. The molecule has 3 rings (SSSR count). The van der Waals surface area contributed by atoms with Crippen LogP contribution in [-0.2, 0) is 6.42 Å². The first kappa shape index (κ1) is 14.9. The molecule has 1 aromatic rings. The van der Waals surface area contributed by atoms with Crippen molar-refractivity contribution in [1.29, 1.82) is 0 Å². The molecular weight excluding hydrogens is 260 g/mol. The summed E-state index contributed by atoms with van der Waals surface area (Å²) in [6.45, 7) is 4.69. The Bertz CT molecular complexity index is 459. The Balaban J connectivity index is 1.61. The van der Waals surface area contributed by atoms with Gasteiger partial charge in [-0.1, -0.05) is 19.1 Å². The van der Waals surface area contributed by atoms with Crippen molar-refractivity contribution >= 4 is 0 Å². The number of nitrogens with two attached hydrogens (primary N) is 1. The molecule has 2 fully saturated rings. The lowest BCUT2D eigenvalue weighted by Crippen LogP contribution is -2.55. The number of benzene rings is 1. The Kier molecular flexibility index (Phi) is 4.51. The van der Waals surface area contributed by atoms with Crippen LogP contribution in [-0.4, -0.2) is 37.2 Å². The van der Waals surface area contributed by atoms with E-state index in [1.807, 2.05) is 0 Å². The van der Waals surface area contributed by atoms with E-state index in [9.17, 15) is 0 Å². The van der Waals surface area contributed by atoms with E-state index in [0.29, 0.717) is 12.0 Å². The molecule has 0 spiro atoms. The maximum Gasteiger partial charge on any atom is 0.118 e. The smallest absolute Gasteiger partial charge is 0.118 e. The number of rotatable bonds is 4. The maximum absolute atomic E-state index is 6.32. The molecule has 1 aliphatic heterocycles. The van der Waals surface area contributed by atoms with Crippen molar-refractivity contribution < 1.29 is 4.74 Å². The van der Waals surface area contributed by atoms with E-state index in [1.165, 1.54) is 24.9 Å². The molecule has 0 amide bonds. The molecular formula is C18H28N2O. The lowest BCUT2D eigenvalue weighted by atomic mass is 9.77. The third kappa shape index (κ3) is 3.41. The normalized spacial score (nSPS) is 33.5. The molecule has 0 aromatic heterocycles. The minimum absolute atomic E-state index is 0.342. The summed E-state index contributed by atoms with van der Waals surface area (Å²) >= 11 is 0. The van der Waals surface area contributed by atoms with E-state index in [0.717, 1.165) is 37.1 Å². The molecule has 1 saturated carbocycles. The zero-order chi connectivity index (χ0) is 14.8. The van der Waals surface area contributed by atoms with Crippen LogP contribution in [0, 0.1) is 11.8 Å². The van der Waals surface area contributed by atoms with E-state index in [4.69, 9.17) is 10.5 Å². The Labute approximate surface area is 128 Å². The third-order valence-electron chi connectivity index (χ3n) is 5.32. The summed E-state index contributed by atoms with van der Waals surface area (Å²) in [5.41, 5.74) is 7.71. The molecule has 0 radical (unpaired) electrons. The highest BCUT2D eigenvalue weighted by Crippen LogP contribution is 2.34. The van der Waals surface area contributed by atoms with Crippen molar-refractivity contribution in [3.63, 3.8) is 0 Å². The zero-order valence-electron chi connectivity index (χ0n) is 13.3. The van der Waals surface area contributed by atoms with Crippen LogP contribution in [0.3, 0.4) is 0 Å². The average molecular weight is 288 g/mol. The first-order valence-corrected chi connectivity index (χ1v) is 8.28. The van der Waals surface area contributed by atoms with E-state index in [-0.39, 0.29) is 0 Å². The van der Waals surface area contributed by atoms with Gasteiger partial charge in [-0.15, -0.1) is 0 Å². The van der Waals surface area contributed by atoms with Crippen molar-refractivity contribution in [2.45, 2.75) is 44.7 Å². The van der Waals surface area contributed by atoms with Gasteiger partial charge in [0.2, 0.25) is 0 Å². The minimum Gasteiger partial charge on any atom is -0.497 e. The number of nitrogens with zero attached hydrogens (tertiary/aromatic N) is 1. The Hall–Kier alpha value is -1.06. The highest BCUT2D eigenvalue weighted by molar-refractivity contribution is 5.27. The molecule has 21 heavy (non-hydrogen) atoms. The number of ether oxygens (including phenoxy) is 1. The van der Waals surface area contributed by atoms with Gasteiger partial charge in [0.1, 0.15) is 5.75 Å². The van der Waals surface area contributed by atoms with Crippen molar-refractivity contribution in [2.75, 3.05) is 20.2 Å². The van der Waals surface area contributed by atoms with Crippen molar-refractivity contribution in [1.82, 2.24) is 4.90 Å². The fourth-order valence-electron chi connectivity index (χ4n) is 3.99. The Morgan fingerprint density at radius 2 is 1.95 bits per heavy atom. The van der Waals surface area contributed by atoms with E-state index in [1.54, 1.807) is 7.11 Å². The standard InChI is InChI=1S/C18H28N2O/c1-13-3-8-18(13)20-11-15(10-16(19)12-20)9-14-4-6-17(21-2)7-5-14/h4-7,13,15-16,18H,3,8-12,19H2,1-2H3. The number of hydrogen-bond donors (Lipinski definition) is 1. The van der Waals surface area contributed by atoms with Crippen LogP contribution in [0.2, 0.25) is 0 Å². The van der Waals surface area contributed by atoms with Gasteiger partial charge in [0, 0.05) is 25.2 Å². The zero-order valence-corrected chi connectivity index (χ0v) is 13.3. The molecule has 1 aliphatic carbocycles. The van der Waals surface area contributed by atoms with Gasteiger partial charge in [0.25, 0.3) is 0 Å². The number of methoxy groups -OCH3 is 1. The fourth-order valence-corrected chi connectivity index (χ4v) is 3.99. The first-order chi connectivity index (χ1) is 10.2. The van der Waals surface area contributed by atoms with E-state index >= 15 is 0 Å². The van der Waals surface area contributed by atoms with Crippen LogP contribution in [0.4, 0.5) is 0 Å². The topological polar surface area (TPSA) is 38.5 Å². The summed E-state index contributed by atoms with van der Waals surface area (Å²) in [5.74, 6) is 2.48. The quantitative estimate of drug-likeness (QED) is 0.926. The van der Waals surface area contributed by atoms with Crippen molar-refractivity contribution in [3.05, 3.63) is 29.8 Å². The molecule has 1 saturated heterocycles. The number of hydrogen-bond acceptors (Lipinski definition) is 3. The van der Waals surface area contributed by atoms with Crippen LogP contribution >= 0.6 is 0 Å². The summed E-state index contributed by atoms with van der Waals surface area (Å²) in [4.78, 5) is 2.66. The largest absolute Gasteiger partial charge is 0.497 e. The molecule has 0 bridgehead atoms. The third-order valence-corrected chi connectivity index (χ3v) is 5.32. The van der Waals surface area contributed by atoms with Crippen LogP contribution in [0.25, 0.3) is 0 Å². The first-order valence-electron chi connectivity index (χ1n) is 8.28. The summed E-state index contributed by atoms with van der Waals surface area (Å²) in [7, 11) is 1.72. The van der Waals surface area contributed by atoms with Gasteiger partial charge in [-0.05, 0) is 55.2 Å². The second-order valence-corrected chi connectivity index (χ2v) is 6.99. The SMILES string of the molecule is COc1ccc(CC2CC(N)CN(C3CCC3C)C2)cc1. The number of piperidine rings is 1. The molecule has 4 atom stereocenters. The predicted molar refractivity (Wildman–Crippen MR) is 86.5 cm³/mol. The minimum atomic E-state index is 0.342. The Morgan fingerprint density at radius 1 is 1.19 bits per heavy atom. The average Bonchev–Trinajstić information content (AvgIpc) is 2.46. The summed E-state index contributed by atoms with van der Waals surface area (Å²) in [6, 6.07) is 9.63. The predicted octanol–water partition coefficient (Wildman–Crippen LogP) is 2.69. The summed E-state index contributed by atoms with van der Waals surface area (Å²) in [5, 5.41) is 0. The van der Waals surface area contributed by atoms with Crippen LogP contribution in [0.1, 0.15) is 31.7 Å². The maximum atomic E-state index is 6.32. The Morgan fingerprint density at radius 3 is 2.52 bits per heavy atom. The lowest BCUT2D eigenvalue weighted by Gasteiger charge is -2.48. The highest BCUT2D eigenvalue weighted by Gasteiger charge is 2.36. The van der Waals surface area contributed by atoms with Crippen LogP contribution < -0.4 is 10.5 Å². The van der Waals surface area contributed by atoms with Gasteiger partial charge in [-0.25, -0.2) is 0 Å². The molecule has 116 valence electrons. The van der Waals surface area contributed by atoms with Gasteiger partial charge in [-0.3, -0.25) is 4.90 Å². The van der Waals surface area contributed by atoms with Crippen molar-refractivity contribution in [2.24, 2.45) is 17.6 Å². The second-order valence-electron chi connectivity index (χ2n) is 6.99. The summed E-state index contributed by atoms with van der Waals surface area (Å²) < 4.78 is 5.23. The fraction of sp³-hybridized carbons (Fsp3) is 0.667. The van der Waals surface area contributed by atoms with Gasteiger partial charge in [0.05, 0.1) is 7.11 Å². The molecule has 1 heterocycles. The van der Waals surface area contributed by atoms with Crippen molar-refractivity contribution in [3.8, 4) is 5.75 Å². The van der Waals surface area contributed by atoms with Gasteiger partial charge in [0.15, 0.2) is 0 Å². The molecule has 3 heteroatoms. The molecule has 2 aliphatic rings. The second kappa shape index (κ2) is 6.37. The molecule has 4 unspecified atom stereocenters. The lowest BCUT2D eigenvalue weighted by molar-refractivity contribution is 0.0288.